The maximum Gasteiger partial charge on any atom is 0.256 e. The molecule has 5 heteroatoms. The quantitative estimate of drug-likeness (QED) is 0.939. The van der Waals surface area contributed by atoms with Crippen LogP contribution >= 0.6 is 0 Å². The number of likely N-dealkylation sites (tertiary alicyclic amines) is 1. The van der Waals surface area contributed by atoms with Gasteiger partial charge in [-0.25, -0.2) is 4.39 Å². The fraction of sp³-hybridized carbons (Fsp3) is 0.316. The Morgan fingerprint density at radius 1 is 1.25 bits per heavy atom. The zero-order chi connectivity index (χ0) is 17.1. The molecule has 0 aromatic heterocycles. The number of amides is 1. The van der Waals surface area contributed by atoms with E-state index in [1.807, 2.05) is 24.3 Å². The molecule has 2 aromatic rings. The summed E-state index contributed by atoms with van der Waals surface area (Å²) in [5.74, 6) is 0.305. The average molecular weight is 328 g/mol. The minimum Gasteiger partial charge on any atom is -0.497 e. The summed E-state index contributed by atoms with van der Waals surface area (Å²) in [6.45, 7) is 1.80. The van der Waals surface area contributed by atoms with E-state index < -0.39 is 5.82 Å². The molecule has 126 valence electrons. The van der Waals surface area contributed by atoms with Gasteiger partial charge in [0.25, 0.3) is 5.91 Å². The molecule has 1 amide bonds. The molecule has 4 nitrogen and oxygen atoms in total. The zero-order valence-electron chi connectivity index (χ0n) is 13.7. The first-order chi connectivity index (χ1) is 11.6. The molecule has 1 fully saturated rings. The Morgan fingerprint density at radius 3 is 2.54 bits per heavy atom. The summed E-state index contributed by atoms with van der Waals surface area (Å²) in [6.07, 6.45) is 0.883. The number of methoxy groups -OCH3 is 1. The Labute approximate surface area is 141 Å². The first kappa shape index (κ1) is 16.5. The fourth-order valence-electron chi connectivity index (χ4n) is 3.03. The monoisotopic (exact) mass is 328 g/mol. The summed E-state index contributed by atoms with van der Waals surface area (Å²) in [7, 11) is 1.60. The molecule has 0 spiro atoms. The predicted molar refractivity (Wildman–Crippen MR) is 91.5 cm³/mol. The number of rotatable bonds is 4. The topological polar surface area (TPSA) is 55.6 Å². The van der Waals surface area contributed by atoms with Gasteiger partial charge in [-0.1, -0.05) is 18.2 Å². The highest BCUT2D eigenvalue weighted by Crippen LogP contribution is 2.26. The first-order valence-electron chi connectivity index (χ1n) is 8.05. The number of nitrogens with zero attached hydrogens (tertiary/aromatic N) is 1. The number of carbonyl (C=O) groups excluding carboxylic acids is 1. The van der Waals surface area contributed by atoms with E-state index in [0.29, 0.717) is 25.6 Å². The molecule has 0 unspecified atom stereocenters. The molecule has 1 heterocycles. The van der Waals surface area contributed by atoms with Gasteiger partial charge in [0.2, 0.25) is 0 Å². The summed E-state index contributed by atoms with van der Waals surface area (Å²) < 4.78 is 19.6. The summed E-state index contributed by atoms with van der Waals surface area (Å²) in [5.41, 5.74) is 7.37. The van der Waals surface area contributed by atoms with Crippen molar-refractivity contribution in [1.29, 1.82) is 0 Å². The fourth-order valence-corrected chi connectivity index (χ4v) is 3.03. The van der Waals surface area contributed by atoms with E-state index in [9.17, 15) is 9.18 Å². The third kappa shape index (κ3) is 3.26. The van der Waals surface area contributed by atoms with Gasteiger partial charge in [-0.3, -0.25) is 4.79 Å². The molecule has 3 rings (SSSR count). The lowest BCUT2D eigenvalue weighted by Gasteiger charge is -2.17. The number of hydrogen-bond donors (Lipinski definition) is 1. The van der Waals surface area contributed by atoms with Gasteiger partial charge in [-0.2, -0.15) is 0 Å². The number of ether oxygens (including phenoxy) is 1. The normalized spacial score (nSPS) is 17.1. The second-order valence-corrected chi connectivity index (χ2v) is 6.06. The summed E-state index contributed by atoms with van der Waals surface area (Å²) in [5, 5.41) is 0. The van der Waals surface area contributed by atoms with Crippen LogP contribution in [0.2, 0.25) is 0 Å². The minimum atomic E-state index is -0.496. The molecule has 0 aliphatic carbocycles. The highest BCUT2D eigenvalue weighted by Gasteiger charge is 2.27. The Morgan fingerprint density at radius 2 is 1.96 bits per heavy atom. The Bertz CT molecular complexity index is 731. The molecule has 1 saturated heterocycles. The molecule has 0 saturated carbocycles. The molecule has 0 radical (unpaired) electrons. The third-order valence-electron chi connectivity index (χ3n) is 4.53. The van der Waals surface area contributed by atoms with Crippen LogP contribution in [-0.4, -0.2) is 37.6 Å². The largest absolute Gasteiger partial charge is 0.497 e. The molecular formula is C19H21FN2O2. The van der Waals surface area contributed by atoms with Gasteiger partial charge in [-0.05, 0) is 54.3 Å². The zero-order valence-corrected chi connectivity index (χ0v) is 13.7. The van der Waals surface area contributed by atoms with Crippen molar-refractivity contribution in [3.8, 4) is 16.9 Å². The Balaban J connectivity index is 1.80. The highest BCUT2D eigenvalue weighted by molar-refractivity contribution is 5.95. The van der Waals surface area contributed by atoms with E-state index in [4.69, 9.17) is 10.5 Å². The Kier molecular flexibility index (Phi) is 4.81. The van der Waals surface area contributed by atoms with Gasteiger partial charge in [0.05, 0.1) is 12.7 Å². The lowest BCUT2D eigenvalue weighted by atomic mass is 10.0. The molecule has 1 aliphatic rings. The average Bonchev–Trinajstić information content (AvgIpc) is 3.10. The third-order valence-corrected chi connectivity index (χ3v) is 4.53. The van der Waals surface area contributed by atoms with Crippen LogP contribution in [0.1, 0.15) is 16.8 Å². The maximum absolute atomic E-state index is 14.5. The molecule has 0 bridgehead atoms. The van der Waals surface area contributed by atoms with Crippen molar-refractivity contribution >= 4 is 5.91 Å². The van der Waals surface area contributed by atoms with Crippen LogP contribution in [0, 0.1) is 11.7 Å². The van der Waals surface area contributed by atoms with E-state index in [1.54, 1.807) is 24.1 Å². The van der Waals surface area contributed by atoms with E-state index in [0.717, 1.165) is 23.3 Å². The van der Waals surface area contributed by atoms with Gasteiger partial charge < -0.3 is 15.4 Å². The summed E-state index contributed by atoms with van der Waals surface area (Å²) in [4.78, 5) is 14.2. The summed E-state index contributed by atoms with van der Waals surface area (Å²) >= 11 is 0. The van der Waals surface area contributed by atoms with Gasteiger partial charge in [0, 0.05) is 13.1 Å². The lowest BCUT2D eigenvalue weighted by Crippen LogP contribution is -2.30. The van der Waals surface area contributed by atoms with E-state index in [1.165, 1.54) is 6.07 Å². The number of carbonyl (C=O) groups is 1. The number of halogens is 1. The van der Waals surface area contributed by atoms with Gasteiger partial charge in [0.1, 0.15) is 11.6 Å². The maximum atomic E-state index is 14.5. The number of benzene rings is 2. The van der Waals surface area contributed by atoms with Crippen molar-refractivity contribution < 1.29 is 13.9 Å². The van der Waals surface area contributed by atoms with Gasteiger partial charge in [0.15, 0.2) is 0 Å². The molecule has 1 aliphatic heterocycles. The highest BCUT2D eigenvalue weighted by atomic mass is 19.1. The van der Waals surface area contributed by atoms with Crippen molar-refractivity contribution in [3.63, 3.8) is 0 Å². The van der Waals surface area contributed by atoms with Crippen LogP contribution in [0.3, 0.4) is 0 Å². The van der Waals surface area contributed by atoms with Gasteiger partial charge >= 0.3 is 0 Å². The van der Waals surface area contributed by atoms with E-state index >= 15 is 0 Å². The van der Waals surface area contributed by atoms with E-state index in [-0.39, 0.29) is 11.5 Å². The van der Waals surface area contributed by atoms with Crippen molar-refractivity contribution in [2.24, 2.45) is 11.7 Å². The van der Waals surface area contributed by atoms with Crippen molar-refractivity contribution in [3.05, 3.63) is 53.8 Å². The Hall–Kier alpha value is -2.40. The second-order valence-electron chi connectivity index (χ2n) is 6.06. The molecule has 24 heavy (non-hydrogen) atoms. The van der Waals surface area contributed by atoms with Crippen LogP contribution in [0.15, 0.2) is 42.5 Å². The number of nitrogens with two attached hydrogens (primary N) is 1. The first-order valence-corrected chi connectivity index (χ1v) is 8.05. The smallest absolute Gasteiger partial charge is 0.256 e. The minimum absolute atomic E-state index is 0.116. The standard InChI is InChI=1S/C19H21FN2O2/c1-24-16-5-2-14(3-6-16)15-4-7-17(18(20)10-15)19(23)22-9-8-13(11-21)12-22/h2-7,10,13H,8-9,11-12,21H2,1H3/t13-/m1/s1. The molecule has 1 atom stereocenters. The van der Waals surface area contributed by atoms with Crippen LogP contribution in [0.5, 0.6) is 5.75 Å². The van der Waals surface area contributed by atoms with E-state index in [2.05, 4.69) is 0 Å². The van der Waals surface area contributed by atoms with Crippen molar-refractivity contribution in [2.45, 2.75) is 6.42 Å². The van der Waals surface area contributed by atoms with Gasteiger partial charge in [-0.15, -0.1) is 0 Å². The van der Waals surface area contributed by atoms with Crippen LogP contribution in [0.4, 0.5) is 4.39 Å². The predicted octanol–water partition coefficient (Wildman–Crippen LogP) is 2.92. The van der Waals surface area contributed by atoms with Crippen molar-refractivity contribution in [1.82, 2.24) is 4.90 Å². The van der Waals surface area contributed by atoms with Crippen LogP contribution < -0.4 is 10.5 Å². The van der Waals surface area contributed by atoms with Crippen LogP contribution in [-0.2, 0) is 0 Å². The molecular weight excluding hydrogens is 307 g/mol. The SMILES string of the molecule is COc1ccc(-c2ccc(C(=O)N3CC[C@H](CN)C3)c(F)c2)cc1. The van der Waals surface area contributed by atoms with Crippen LogP contribution in [0.25, 0.3) is 11.1 Å². The second kappa shape index (κ2) is 7.01. The summed E-state index contributed by atoms with van der Waals surface area (Å²) in [6, 6.07) is 12.1. The molecule has 2 aromatic carbocycles. The molecule has 2 N–H and O–H groups in total. The lowest BCUT2D eigenvalue weighted by molar-refractivity contribution is 0.0783. The number of hydrogen-bond acceptors (Lipinski definition) is 3. The van der Waals surface area contributed by atoms with Crippen molar-refractivity contribution in [2.75, 3.05) is 26.7 Å².